The van der Waals surface area contributed by atoms with E-state index in [2.05, 4.69) is 10.6 Å². The summed E-state index contributed by atoms with van der Waals surface area (Å²) >= 11 is 0. The Morgan fingerprint density at radius 3 is 0.805 bits per heavy atom. The molecule has 1 fully saturated rings. The van der Waals surface area contributed by atoms with E-state index in [-0.39, 0.29) is 68.9 Å². The summed E-state index contributed by atoms with van der Waals surface area (Å²) in [6.07, 6.45) is 2.41. The summed E-state index contributed by atoms with van der Waals surface area (Å²) in [6, 6.07) is 0. The predicted molar refractivity (Wildman–Crippen MR) is 319 cm³/mol. The highest BCUT2D eigenvalue weighted by Crippen LogP contribution is 2.12. The van der Waals surface area contributed by atoms with Crippen LogP contribution < -0.4 is 10.6 Å². The molecular formula is C59H107N7O21. The molecule has 87 heavy (non-hydrogen) atoms. The monoisotopic (exact) mass is 1250 g/mol. The van der Waals surface area contributed by atoms with E-state index in [1.54, 1.807) is 0 Å². The van der Waals surface area contributed by atoms with Crippen molar-refractivity contribution in [3.63, 3.8) is 0 Å². The molecular weight excluding hydrogens is 1140 g/mol. The molecule has 0 aliphatic carbocycles. The fourth-order valence-corrected chi connectivity index (χ4v) is 7.92. The van der Waals surface area contributed by atoms with E-state index < -0.39 is 28.6 Å². The molecule has 2 rings (SSSR count). The van der Waals surface area contributed by atoms with Crippen molar-refractivity contribution in [3.05, 3.63) is 12.2 Å². The average Bonchev–Trinajstić information content (AvgIpc) is 3.90. The van der Waals surface area contributed by atoms with E-state index in [0.29, 0.717) is 211 Å². The van der Waals surface area contributed by atoms with Crippen LogP contribution in [0, 0.1) is 0 Å². The third-order valence-electron chi connectivity index (χ3n) is 11.9. The molecule has 2 heterocycles. The highest BCUT2D eigenvalue weighted by atomic mass is 16.6. The molecule has 2 N–H and O–H groups in total. The molecule has 1 saturated heterocycles. The maximum absolute atomic E-state index is 13.3. The zero-order chi connectivity index (χ0) is 64.0. The molecule has 0 atom stereocenters. The zero-order valence-electron chi connectivity index (χ0n) is 53.8. The number of hydrogen-bond donors (Lipinski definition) is 2. The SMILES string of the molecule is CC(C)(C)OC(=O)CN1CCN(CC(=O)NCCOCCOCCOCCOCCOCCOCCOCCOCCOCCOCCOCCNC(=O)CCN2C(=O)C=CC2=O)CCN(CC(=O)OC(C)(C)C)CCN(CC(=O)OC(C)(C)C)CC1. The Labute approximate surface area is 516 Å². The standard InChI is InChI=1S/C59H107N7O21/c1-57(2,3)85-54(71)47-63-18-16-62(17-19-64(48-55(72)86-58(4,5)6)21-23-65(22-20-63)49-56(73)87-59(7,8)9)46-51(68)61-14-25-75-27-29-77-31-33-79-35-37-81-39-41-83-43-45-84-44-42-82-40-38-80-36-34-78-32-30-76-28-26-74-24-13-60-50(67)12-15-66-52(69)10-11-53(66)70/h10-11H,12-49H2,1-9H3,(H,60,67)(H,61,68). The Kier molecular flexibility index (Phi) is 43.0. The number of nitrogens with zero attached hydrogens (tertiary/aromatic N) is 5. The highest BCUT2D eigenvalue weighted by Gasteiger charge is 2.27. The molecule has 0 unspecified atom stereocenters. The van der Waals surface area contributed by atoms with Crippen molar-refractivity contribution in [2.45, 2.75) is 85.5 Å². The first-order valence-electron chi connectivity index (χ1n) is 30.4. The summed E-state index contributed by atoms with van der Waals surface area (Å²) in [4.78, 5) is 96.1. The Morgan fingerprint density at radius 1 is 0.345 bits per heavy atom. The molecule has 28 nitrogen and oxygen atoms in total. The van der Waals surface area contributed by atoms with Crippen LogP contribution in [0.2, 0.25) is 0 Å². The number of hydrogen-bond acceptors (Lipinski definition) is 25. The van der Waals surface area contributed by atoms with Crippen molar-refractivity contribution in [2.24, 2.45) is 0 Å². The minimum absolute atomic E-state index is 0.0373. The summed E-state index contributed by atoms with van der Waals surface area (Å²) < 4.78 is 77.8. The van der Waals surface area contributed by atoms with Crippen molar-refractivity contribution in [3.8, 4) is 0 Å². The minimum atomic E-state index is -0.660. The van der Waals surface area contributed by atoms with Crippen LogP contribution in [0.25, 0.3) is 0 Å². The van der Waals surface area contributed by atoms with Gasteiger partial charge >= 0.3 is 17.9 Å². The van der Waals surface area contributed by atoms with Crippen LogP contribution >= 0.6 is 0 Å². The number of esters is 3. The molecule has 4 amide bonds. The normalized spacial score (nSPS) is 15.6. The lowest BCUT2D eigenvalue weighted by atomic mass is 10.2. The number of ether oxygens (including phenoxy) is 14. The van der Waals surface area contributed by atoms with E-state index in [1.807, 2.05) is 81.9 Å². The van der Waals surface area contributed by atoms with E-state index in [1.165, 1.54) is 12.2 Å². The number of nitrogens with one attached hydrogen (secondary N) is 2. The average molecular weight is 1250 g/mol. The quantitative estimate of drug-likeness (QED) is 0.0350. The number of rotatable bonds is 47. The summed E-state index contributed by atoms with van der Waals surface area (Å²) in [7, 11) is 0. The molecule has 0 radical (unpaired) electrons. The second-order valence-electron chi connectivity index (χ2n) is 23.2. The first kappa shape index (κ1) is 78.7. The molecule has 504 valence electrons. The van der Waals surface area contributed by atoms with Gasteiger partial charge in [-0.15, -0.1) is 0 Å². The predicted octanol–water partition coefficient (Wildman–Crippen LogP) is -0.0368. The van der Waals surface area contributed by atoms with E-state index in [0.717, 1.165) is 4.90 Å². The van der Waals surface area contributed by atoms with Gasteiger partial charge in [-0.3, -0.25) is 58.1 Å². The van der Waals surface area contributed by atoms with Gasteiger partial charge in [0.05, 0.1) is 172 Å². The van der Waals surface area contributed by atoms with Gasteiger partial charge in [-0.2, -0.15) is 0 Å². The Bertz CT molecular complexity index is 1870. The molecule has 0 spiro atoms. The van der Waals surface area contributed by atoms with Gasteiger partial charge in [0, 0.05) is 90.6 Å². The van der Waals surface area contributed by atoms with Crippen molar-refractivity contribution in [2.75, 3.05) is 244 Å². The molecule has 0 aromatic heterocycles. The van der Waals surface area contributed by atoms with Gasteiger partial charge in [0.2, 0.25) is 11.8 Å². The lowest BCUT2D eigenvalue weighted by Gasteiger charge is -2.34. The highest BCUT2D eigenvalue weighted by molar-refractivity contribution is 6.13. The summed E-state index contributed by atoms with van der Waals surface area (Å²) in [5, 5.41) is 5.61. The van der Waals surface area contributed by atoms with Crippen molar-refractivity contribution in [1.29, 1.82) is 0 Å². The zero-order valence-corrected chi connectivity index (χ0v) is 53.8. The van der Waals surface area contributed by atoms with Gasteiger partial charge in [0.1, 0.15) is 16.8 Å². The number of imide groups is 1. The Morgan fingerprint density at radius 2 is 0.563 bits per heavy atom. The van der Waals surface area contributed by atoms with E-state index in [4.69, 9.17) is 66.3 Å². The second kappa shape index (κ2) is 47.6. The maximum atomic E-state index is 13.3. The van der Waals surface area contributed by atoms with Crippen molar-refractivity contribution in [1.82, 2.24) is 35.1 Å². The van der Waals surface area contributed by atoms with Crippen LogP contribution in [-0.4, -0.2) is 326 Å². The number of amides is 4. The maximum Gasteiger partial charge on any atom is 0.320 e. The lowest BCUT2D eigenvalue weighted by Crippen LogP contribution is -2.50. The third-order valence-corrected chi connectivity index (χ3v) is 11.9. The van der Waals surface area contributed by atoms with Gasteiger partial charge in [-0.25, -0.2) is 0 Å². The fraction of sp³-hybridized carbons (Fsp3) is 0.847. The summed E-state index contributed by atoms with van der Waals surface area (Å²) in [6.45, 7) is 29.8. The van der Waals surface area contributed by atoms with Gasteiger partial charge < -0.3 is 76.9 Å². The fourth-order valence-electron chi connectivity index (χ4n) is 7.92. The van der Waals surface area contributed by atoms with Crippen LogP contribution in [0.1, 0.15) is 68.7 Å². The topological polar surface area (TPSA) is 289 Å². The number of carbonyl (C=O) groups excluding carboxylic acids is 7. The van der Waals surface area contributed by atoms with Gasteiger partial charge in [-0.1, -0.05) is 0 Å². The smallest absolute Gasteiger partial charge is 0.320 e. The minimum Gasteiger partial charge on any atom is -0.459 e. The molecule has 0 aromatic carbocycles. The van der Waals surface area contributed by atoms with E-state index in [9.17, 15) is 33.6 Å². The van der Waals surface area contributed by atoms with Gasteiger partial charge in [0.25, 0.3) is 11.8 Å². The molecule has 0 bridgehead atoms. The Hall–Kier alpha value is -4.37. The van der Waals surface area contributed by atoms with Crippen LogP contribution in [0.4, 0.5) is 0 Å². The Balaban J connectivity index is 1.44. The summed E-state index contributed by atoms with van der Waals surface area (Å²) in [5.41, 5.74) is -1.97. The largest absolute Gasteiger partial charge is 0.459 e. The molecule has 2 aliphatic rings. The molecule has 28 heteroatoms. The first-order valence-corrected chi connectivity index (χ1v) is 30.4. The molecule has 0 aromatic rings. The van der Waals surface area contributed by atoms with Crippen LogP contribution in [0.3, 0.4) is 0 Å². The van der Waals surface area contributed by atoms with Crippen LogP contribution in [-0.2, 0) is 99.9 Å². The first-order chi connectivity index (χ1) is 41.5. The third kappa shape index (κ3) is 47.3. The van der Waals surface area contributed by atoms with E-state index >= 15 is 0 Å². The number of carbonyl (C=O) groups is 7. The van der Waals surface area contributed by atoms with Crippen LogP contribution in [0.5, 0.6) is 0 Å². The molecule has 2 aliphatic heterocycles. The van der Waals surface area contributed by atoms with Crippen molar-refractivity contribution < 1.29 is 99.9 Å². The lowest BCUT2D eigenvalue weighted by molar-refractivity contribution is -0.158. The van der Waals surface area contributed by atoms with Gasteiger partial charge in [-0.05, 0) is 62.3 Å². The van der Waals surface area contributed by atoms with Gasteiger partial charge in [0.15, 0.2) is 0 Å². The van der Waals surface area contributed by atoms with Crippen molar-refractivity contribution >= 4 is 41.5 Å². The second-order valence-corrected chi connectivity index (χ2v) is 23.2. The molecule has 0 saturated carbocycles. The van der Waals surface area contributed by atoms with Crippen LogP contribution in [0.15, 0.2) is 12.2 Å². The summed E-state index contributed by atoms with van der Waals surface area (Å²) in [5.74, 6) is -2.36.